The van der Waals surface area contributed by atoms with E-state index in [1.54, 1.807) is 13.0 Å². The molecule has 2 nitrogen and oxygen atoms in total. The van der Waals surface area contributed by atoms with Crippen molar-refractivity contribution in [2.24, 2.45) is 0 Å². The van der Waals surface area contributed by atoms with E-state index >= 15 is 0 Å². The van der Waals surface area contributed by atoms with Gasteiger partial charge in [0.1, 0.15) is 0 Å². The number of rotatable bonds is 0. The van der Waals surface area contributed by atoms with E-state index in [9.17, 15) is 0 Å². The van der Waals surface area contributed by atoms with Crippen LogP contribution >= 0.6 is 0 Å². The highest BCUT2D eigenvalue weighted by Gasteiger charge is 1.81. The number of nitriles is 1. The molecule has 0 spiro atoms. The first-order chi connectivity index (χ1) is 3.35. The van der Waals surface area contributed by atoms with E-state index in [0.717, 1.165) is 0 Å². The SMILES string of the molecule is [C-]#[N+]/C(C#N)=C/C. The summed E-state index contributed by atoms with van der Waals surface area (Å²) in [5.41, 5.74) is 0.153. The molecule has 0 aromatic carbocycles. The molecule has 0 saturated carbocycles. The van der Waals surface area contributed by atoms with Crippen molar-refractivity contribution >= 4 is 0 Å². The zero-order valence-corrected chi connectivity index (χ0v) is 3.97. The highest BCUT2D eigenvalue weighted by atomic mass is 14.6. The summed E-state index contributed by atoms with van der Waals surface area (Å²) in [5, 5.41) is 7.99. The Morgan fingerprint density at radius 1 is 2.00 bits per heavy atom. The Labute approximate surface area is 42.5 Å². The van der Waals surface area contributed by atoms with E-state index in [2.05, 4.69) is 4.85 Å². The minimum absolute atomic E-state index is 0.153. The normalized spacial score (nSPS) is 9.29. The van der Waals surface area contributed by atoms with Gasteiger partial charge in [-0.15, -0.1) is 0 Å². The monoisotopic (exact) mass is 92.0 g/mol. The van der Waals surface area contributed by atoms with Crippen LogP contribution in [0.4, 0.5) is 0 Å². The minimum atomic E-state index is 0.153. The van der Waals surface area contributed by atoms with Crippen molar-refractivity contribution in [3.63, 3.8) is 0 Å². The van der Waals surface area contributed by atoms with E-state index in [1.165, 1.54) is 6.08 Å². The molecule has 0 aromatic heterocycles. The van der Waals surface area contributed by atoms with Crippen molar-refractivity contribution in [3.05, 3.63) is 23.2 Å². The summed E-state index contributed by atoms with van der Waals surface area (Å²) in [6.07, 6.45) is 1.48. The van der Waals surface area contributed by atoms with E-state index in [4.69, 9.17) is 11.8 Å². The molecule has 0 unspecified atom stereocenters. The zero-order valence-electron chi connectivity index (χ0n) is 3.97. The Morgan fingerprint density at radius 2 is 2.57 bits per heavy atom. The first-order valence-corrected chi connectivity index (χ1v) is 1.79. The molecule has 0 aromatic rings. The summed E-state index contributed by atoms with van der Waals surface area (Å²) >= 11 is 0. The topological polar surface area (TPSA) is 28.1 Å². The maximum absolute atomic E-state index is 7.99. The van der Waals surface area contributed by atoms with Gasteiger partial charge in [-0.05, 0) is 0 Å². The van der Waals surface area contributed by atoms with Gasteiger partial charge >= 0.3 is 0 Å². The second-order valence-electron chi connectivity index (χ2n) is 0.898. The highest BCUT2D eigenvalue weighted by Crippen LogP contribution is 1.89. The van der Waals surface area contributed by atoms with Gasteiger partial charge in [0.05, 0.1) is 12.6 Å². The Hall–Kier alpha value is -1.28. The molecule has 34 valence electrons. The van der Waals surface area contributed by atoms with Gasteiger partial charge in [-0.3, -0.25) is 0 Å². The van der Waals surface area contributed by atoms with Gasteiger partial charge in [0.2, 0.25) is 0 Å². The van der Waals surface area contributed by atoms with Gasteiger partial charge in [0.25, 0.3) is 5.70 Å². The van der Waals surface area contributed by atoms with Crippen LogP contribution in [0.2, 0.25) is 0 Å². The summed E-state index contributed by atoms with van der Waals surface area (Å²) in [6.45, 7) is 7.96. The molecule has 2 heteroatoms. The van der Waals surface area contributed by atoms with Crippen molar-refractivity contribution in [3.8, 4) is 6.07 Å². The van der Waals surface area contributed by atoms with Crippen LogP contribution in [0.15, 0.2) is 11.8 Å². The largest absolute Gasteiger partial charge is 0.257 e. The fourth-order valence-electron chi connectivity index (χ4n) is 0.154. The molecular weight excluding hydrogens is 88.1 g/mol. The van der Waals surface area contributed by atoms with Gasteiger partial charge in [-0.1, -0.05) is 13.0 Å². The summed E-state index contributed by atoms with van der Waals surface area (Å²) in [5.74, 6) is 0. The summed E-state index contributed by atoms with van der Waals surface area (Å²) in [4.78, 5) is 2.88. The maximum Gasteiger partial charge on any atom is 0.257 e. The molecule has 0 amide bonds. The molecular formula is C5H4N2. The van der Waals surface area contributed by atoms with Gasteiger partial charge < -0.3 is 0 Å². The molecule has 7 heavy (non-hydrogen) atoms. The van der Waals surface area contributed by atoms with Gasteiger partial charge in [0, 0.05) is 0 Å². The lowest BCUT2D eigenvalue weighted by atomic mass is 10.5. The molecule has 0 aliphatic heterocycles. The van der Waals surface area contributed by atoms with Crippen LogP contribution in [-0.2, 0) is 0 Å². The van der Waals surface area contributed by atoms with Crippen molar-refractivity contribution in [1.29, 1.82) is 5.26 Å². The van der Waals surface area contributed by atoms with Crippen molar-refractivity contribution in [2.45, 2.75) is 6.92 Å². The van der Waals surface area contributed by atoms with Crippen molar-refractivity contribution in [2.75, 3.05) is 0 Å². The molecule has 0 fully saturated rings. The number of nitrogens with zero attached hydrogens (tertiary/aromatic N) is 2. The third kappa shape index (κ3) is 1.57. The van der Waals surface area contributed by atoms with Crippen LogP contribution in [0, 0.1) is 17.9 Å². The molecule has 0 radical (unpaired) electrons. The summed E-state index contributed by atoms with van der Waals surface area (Å²) < 4.78 is 0. The smallest absolute Gasteiger partial charge is 0.227 e. The van der Waals surface area contributed by atoms with Gasteiger partial charge in [0.15, 0.2) is 0 Å². The average molecular weight is 92.1 g/mol. The van der Waals surface area contributed by atoms with Gasteiger partial charge in [-0.2, -0.15) is 0 Å². The quantitative estimate of drug-likeness (QED) is 0.327. The summed E-state index contributed by atoms with van der Waals surface area (Å²) in [6, 6.07) is 1.71. The maximum atomic E-state index is 7.99. The molecule has 0 atom stereocenters. The van der Waals surface area contributed by atoms with Crippen LogP contribution in [-0.4, -0.2) is 0 Å². The third-order valence-electron chi connectivity index (χ3n) is 0.508. The van der Waals surface area contributed by atoms with Crippen LogP contribution in [0.1, 0.15) is 6.92 Å². The third-order valence-corrected chi connectivity index (χ3v) is 0.508. The van der Waals surface area contributed by atoms with Crippen LogP contribution in [0.3, 0.4) is 0 Å². The van der Waals surface area contributed by atoms with E-state index in [-0.39, 0.29) is 5.70 Å². The first-order valence-electron chi connectivity index (χ1n) is 1.79. The Morgan fingerprint density at radius 3 is 2.57 bits per heavy atom. The predicted molar refractivity (Wildman–Crippen MR) is 26.0 cm³/mol. The first kappa shape index (κ1) is 5.72. The molecule has 0 saturated heterocycles. The van der Waals surface area contributed by atoms with E-state index in [0.29, 0.717) is 0 Å². The molecule has 0 rings (SSSR count). The zero-order chi connectivity index (χ0) is 5.70. The number of hydrogen-bond acceptors (Lipinski definition) is 1. The number of allylic oxidation sites excluding steroid dienone is 2. The van der Waals surface area contributed by atoms with Crippen LogP contribution in [0.25, 0.3) is 4.85 Å². The lowest BCUT2D eigenvalue weighted by Crippen LogP contribution is -1.59. The molecule has 0 aliphatic carbocycles. The Kier molecular flexibility index (Phi) is 2.40. The Bertz CT molecular complexity index is 138. The molecule has 0 bridgehead atoms. The fraction of sp³-hybridized carbons (Fsp3) is 0.200. The second-order valence-corrected chi connectivity index (χ2v) is 0.898. The molecule has 0 N–H and O–H groups in total. The van der Waals surface area contributed by atoms with Crippen LogP contribution < -0.4 is 0 Å². The molecule has 0 heterocycles. The van der Waals surface area contributed by atoms with Crippen molar-refractivity contribution < 1.29 is 0 Å². The lowest BCUT2D eigenvalue weighted by Gasteiger charge is -1.68. The predicted octanol–water partition coefficient (Wildman–Crippen LogP) is 1.33. The van der Waals surface area contributed by atoms with E-state index in [1.807, 2.05) is 0 Å². The number of hydrogen-bond donors (Lipinski definition) is 0. The Balaban J connectivity index is 4.03. The fourth-order valence-corrected chi connectivity index (χ4v) is 0.154. The van der Waals surface area contributed by atoms with E-state index < -0.39 is 0 Å². The average Bonchev–Trinajstić information content (AvgIpc) is 1.72. The van der Waals surface area contributed by atoms with Crippen molar-refractivity contribution in [1.82, 2.24) is 0 Å². The molecule has 0 aliphatic rings. The van der Waals surface area contributed by atoms with Gasteiger partial charge in [-0.25, -0.2) is 10.1 Å². The van der Waals surface area contributed by atoms with Crippen LogP contribution in [0.5, 0.6) is 0 Å². The summed E-state index contributed by atoms with van der Waals surface area (Å²) in [7, 11) is 0. The standard InChI is InChI=1S/C5H4N2/c1-3-5(4-6)7-2/h3H,1H3/b5-3+. The minimum Gasteiger partial charge on any atom is -0.227 e. The highest BCUT2D eigenvalue weighted by molar-refractivity contribution is 5.25. The second kappa shape index (κ2) is 2.93. The lowest BCUT2D eigenvalue weighted by molar-refractivity contribution is 1.48.